The van der Waals surface area contributed by atoms with Crippen molar-refractivity contribution in [3.63, 3.8) is 0 Å². The Morgan fingerprint density at radius 3 is 2.45 bits per heavy atom. The Hall–Kier alpha value is -2.87. The van der Waals surface area contributed by atoms with E-state index < -0.39 is 12.1 Å². The highest BCUT2D eigenvalue weighted by molar-refractivity contribution is 5.79. The van der Waals surface area contributed by atoms with Crippen molar-refractivity contribution in [2.24, 2.45) is 0 Å². The molecule has 1 amide bonds. The van der Waals surface area contributed by atoms with Gasteiger partial charge in [0.15, 0.2) is 0 Å². The van der Waals surface area contributed by atoms with Crippen molar-refractivity contribution >= 4 is 11.9 Å². The molecule has 0 radical (unpaired) electrons. The fourth-order valence-corrected chi connectivity index (χ4v) is 4.62. The summed E-state index contributed by atoms with van der Waals surface area (Å²) in [4.78, 5) is 23.6. The second kappa shape index (κ2) is 9.09. The number of aryl methyl sites for hydroxylation is 1. The number of fused-ring (bicyclic) bond motifs is 2. The second-order valence-electron chi connectivity index (χ2n) is 8.10. The van der Waals surface area contributed by atoms with Crippen LogP contribution in [-0.2, 0) is 28.1 Å². The van der Waals surface area contributed by atoms with Gasteiger partial charge in [0.2, 0.25) is 5.91 Å². The van der Waals surface area contributed by atoms with Gasteiger partial charge in [-0.05, 0) is 35.6 Å². The molecule has 5 nitrogen and oxygen atoms in total. The zero-order valence-corrected chi connectivity index (χ0v) is 17.2. The number of piperidine rings is 1. The summed E-state index contributed by atoms with van der Waals surface area (Å²) in [7, 11) is 0. The highest BCUT2D eigenvalue weighted by Gasteiger charge is 2.43. The lowest BCUT2D eigenvalue weighted by molar-refractivity contribution is -0.192. The minimum atomic E-state index is -5.08. The standard InChI is InChI=1S/C21H24N2O.C2HF3O2/c1-16-6-5-9-18-14-23(13-17-7-3-2-4-8-17)15-21(20(16)18)10-11-22-19(24)12-21;3-2(4,5)1(6)7/h2-9H,10-15H2,1H3,(H,22,24);(H,6,7). The zero-order chi connectivity index (χ0) is 22.6. The van der Waals surface area contributed by atoms with E-state index in [1.165, 1.54) is 22.3 Å². The van der Waals surface area contributed by atoms with Gasteiger partial charge in [-0.15, -0.1) is 0 Å². The van der Waals surface area contributed by atoms with Crippen LogP contribution >= 0.6 is 0 Å². The highest BCUT2D eigenvalue weighted by atomic mass is 19.4. The van der Waals surface area contributed by atoms with Crippen molar-refractivity contribution in [2.45, 2.75) is 44.4 Å². The monoisotopic (exact) mass is 434 g/mol. The molecule has 2 N–H and O–H groups in total. The first kappa shape index (κ1) is 22.8. The van der Waals surface area contributed by atoms with Gasteiger partial charge in [-0.2, -0.15) is 13.2 Å². The fraction of sp³-hybridized carbons (Fsp3) is 0.391. The number of nitrogens with one attached hydrogen (secondary N) is 1. The summed E-state index contributed by atoms with van der Waals surface area (Å²) in [5, 5.41) is 10.1. The quantitative estimate of drug-likeness (QED) is 0.755. The normalized spacial score (nSPS) is 21.0. The maximum atomic E-state index is 12.2. The summed E-state index contributed by atoms with van der Waals surface area (Å²) in [5.41, 5.74) is 5.47. The maximum Gasteiger partial charge on any atom is 0.490 e. The fourth-order valence-electron chi connectivity index (χ4n) is 4.62. The van der Waals surface area contributed by atoms with Crippen molar-refractivity contribution < 1.29 is 27.9 Å². The van der Waals surface area contributed by atoms with Crippen molar-refractivity contribution in [1.82, 2.24) is 10.2 Å². The molecule has 2 aromatic rings. The van der Waals surface area contributed by atoms with Gasteiger partial charge in [0.05, 0.1) is 0 Å². The van der Waals surface area contributed by atoms with Crippen LogP contribution in [0.5, 0.6) is 0 Å². The number of alkyl halides is 3. The van der Waals surface area contributed by atoms with Gasteiger partial charge in [0.1, 0.15) is 0 Å². The van der Waals surface area contributed by atoms with Crippen LogP contribution in [0.4, 0.5) is 13.2 Å². The van der Waals surface area contributed by atoms with E-state index >= 15 is 0 Å². The van der Waals surface area contributed by atoms with Crippen LogP contribution in [0.3, 0.4) is 0 Å². The smallest absolute Gasteiger partial charge is 0.475 e. The number of nitrogens with zero attached hydrogens (tertiary/aromatic N) is 1. The minimum absolute atomic E-state index is 0.0317. The number of hydrogen-bond acceptors (Lipinski definition) is 3. The topological polar surface area (TPSA) is 69.6 Å². The molecule has 2 aromatic carbocycles. The first-order valence-electron chi connectivity index (χ1n) is 10.0. The molecule has 1 fully saturated rings. The summed E-state index contributed by atoms with van der Waals surface area (Å²) in [6.45, 7) is 5.85. The lowest BCUT2D eigenvalue weighted by Crippen LogP contribution is -2.52. The van der Waals surface area contributed by atoms with E-state index in [9.17, 15) is 18.0 Å². The summed E-state index contributed by atoms with van der Waals surface area (Å²) < 4.78 is 31.7. The molecule has 0 bridgehead atoms. The molecule has 2 aliphatic rings. The number of rotatable bonds is 2. The summed E-state index contributed by atoms with van der Waals surface area (Å²) in [6, 6.07) is 17.2. The molecule has 2 aliphatic heterocycles. The van der Waals surface area contributed by atoms with E-state index in [2.05, 4.69) is 65.7 Å². The third-order valence-corrected chi connectivity index (χ3v) is 5.73. The Bertz CT molecular complexity index is 947. The van der Waals surface area contributed by atoms with E-state index in [4.69, 9.17) is 9.90 Å². The zero-order valence-electron chi connectivity index (χ0n) is 17.2. The number of hydrogen-bond donors (Lipinski definition) is 2. The highest BCUT2D eigenvalue weighted by Crippen LogP contribution is 2.42. The molecule has 8 heteroatoms. The van der Waals surface area contributed by atoms with Crippen molar-refractivity contribution in [3.05, 3.63) is 70.8 Å². The lowest BCUT2D eigenvalue weighted by atomic mass is 9.67. The van der Waals surface area contributed by atoms with E-state index in [1.807, 2.05) is 0 Å². The average Bonchev–Trinajstić information content (AvgIpc) is 2.68. The van der Waals surface area contributed by atoms with Crippen molar-refractivity contribution in [3.8, 4) is 0 Å². The lowest BCUT2D eigenvalue weighted by Gasteiger charge is -2.47. The molecule has 1 atom stereocenters. The van der Waals surface area contributed by atoms with Crippen LogP contribution in [0, 0.1) is 6.92 Å². The number of benzene rings is 2. The van der Waals surface area contributed by atoms with E-state index in [1.54, 1.807) is 0 Å². The summed E-state index contributed by atoms with van der Waals surface area (Å²) >= 11 is 0. The van der Waals surface area contributed by atoms with Crippen LogP contribution < -0.4 is 5.32 Å². The Balaban J connectivity index is 0.000000339. The SMILES string of the molecule is Cc1cccc2c1C1(CCNC(=O)C1)CN(Cc1ccccc1)C2.O=C(O)C(F)(F)F. The maximum absolute atomic E-state index is 12.2. The number of aliphatic carboxylic acids is 1. The van der Waals surface area contributed by atoms with E-state index in [-0.39, 0.29) is 11.3 Å². The van der Waals surface area contributed by atoms with Gasteiger partial charge in [-0.1, -0.05) is 48.5 Å². The van der Waals surface area contributed by atoms with Gasteiger partial charge in [0.25, 0.3) is 0 Å². The van der Waals surface area contributed by atoms with E-state index in [0.717, 1.165) is 32.6 Å². The predicted octanol–water partition coefficient (Wildman–Crippen LogP) is 3.79. The van der Waals surface area contributed by atoms with Crippen LogP contribution in [0.15, 0.2) is 48.5 Å². The molecular weight excluding hydrogens is 409 g/mol. The molecule has 1 unspecified atom stereocenters. The Labute approximate surface area is 178 Å². The van der Waals surface area contributed by atoms with Gasteiger partial charge in [-0.3, -0.25) is 9.69 Å². The van der Waals surface area contributed by atoms with Crippen molar-refractivity contribution in [2.75, 3.05) is 13.1 Å². The van der Waals surface area contributed by atoms with E-state index in [0.29, 0.717) is 6.42 Å². The molecule has 0 saturated carbocycles. The number of amides is 1. The van der Waals surface area contributed by atoms with Crippen molar-refractivity contribution in [1.29, 1.82) is 0 Å². The molecule has 4 rings (SSSR count). The van der Waals surface area contributed by atoms with Crippen LogP contribution in [0.1, 0.15) is 35.1 Å². The average molecular weight is 434 g/mol. The van der Waals surface area contributed by atoms with Gasteiger partial charge in [-0.25, -0.2) is 4.79 Å². The first-order chi connectivity index (χ1) is 14.6. The predicted molar refractivity (Wildman–Crippen MR) is 109 cm³/mol. The molecule has 2 heterocycles. The number of carboxylic acid groups (broad SMARTS) is 1. The Morgan fingerprint density at radius 1 is 1.16 bits per heavy atom. The molecule has 1 spiro atoms. The third-order valence-electron chi connectivity index (χ3n) is 5.73. The second-order valence-corrected chi connectivity index (χ2v) is 8.10. The number of carboxylic acids is 1. The van der Waals surface area contributed by atoms with Crippen LogP contribution in [0.25, 0.3) is 0 Å². The minimum Gasteiger partial charge on any atom is -0.475 e. The summed E-state index contributed by atoms with van der Waals surface area (Å²) in [6.07, 6.45) is -3.45. The summed E-state index contributed by atoms with van der Waals surface area (Å²) in [5.74, 6) is -2.57. The van der Waals surface area contributed by atoms with Crippen LogP contribution in [0.2, 0.25) is 0 Å². The number of carbonyl (C=O) groups excluding carboxylic acids is 1. The molecule has 0 aliphatic carbocycles. The Morgan fingerprint density at radius 2 is 1.84 bits per heavy atom. The number of halogens is 3. The largest absolute Gasteiger partial charge is 0.490 e. The third kappa shape index (κ3) is 5.44. The molecule has 1 saturated heterocycles. The Kier molecular flexibility index (Phi) is 6.69. The molecular formula is C23H25F3N2O3. The number of carbonyl (C=O) groups is 2. The van der Waals surface area contributed by atoms with Gasteiger partial charge in [0, 0.05) is 38.0 Å². The van der Waals surface area contributed by atoms with Gasteiger partial charge < -0.3 is 10.4 Å². The van der Waals surface area contributed by atoms with Crippen LogP contribution in [-0.4, -0.2) is 41.1 Å². The first-order valence-corrected chi connectivity index (χ1v) is 10.0. The molecule has 0 aromatic heterocycles. The molecule has 31 heavy (non-hydrogen) atoms. The van der Waals surface area contributed by atoms with Gasteiger partial charge >= 0.3 is 12.1 Å². The molecule has 166 valence electrons.